The first-order valence-electron chi connectivity index (χ1n) is 14.4. The van der Waals surface area contributed by atoms with Crippen LogP contribution in [0.1, 0.15) is 83.6 Å². The third-order valence-electron chi connectivity index (χ3n) is 6.94. The maximum atomic E-state index is 10.2. The number of aliphatic carboxylic acids is 1. The van der Waals surface area contributed by atoms with Crippen molar-refractivity contribution in [3.63, 3.8) is 0 Å². The Bertz CT molecular complexity index is 954. The number of para-hydroxylation sites is 1. The summed E-state index contributed by atoms with van der Waals surface area (Å²) in [5, 5.41) is 8.39. The molecule has 1 heterocycles. The lowest BCUT2D eigenvalue weighted by Gasteiger charge is -2.32. The van der Waals surface area contributed by atoms with Gasteiger partial charge in [0, 0.05) is 36.9 Å². The van der Waals surface area contributed by atoms with Crippen molar-refractivity contribution in [3.05, 3.63) is 54.1 Å². The maximum absolute atomic E-state index is 10.2. The number of nitrogens with zero attached hydrogens (tertiary/aromatic N) is 1. The Morgan fingerprint density at radius 2 is 1.57 bits per heavy atom. The number of ether oxygens (including phenoxy) is 1. The van der Waals surface area contributed by atoms with Crippen LogP contribution in [0.2, 0.25) is 0 Å². The summed E-state index contributed by atoms with van der Waals surface area (Å²) in [5.41, 5.74) is 3.49. The molecule has 0 aromatic heterocycles. The van der Waals surface area contributed by atoms with Gasteiger partial charge in [0.2, 0.25) is 0 Å². The highest BCUT2D eigenvalue weighted by Crippen LogP contribution is 2.45. The number of carbonyl (C=O) groups is 1. The van der Waals surface area contributed by atoms with Crippen LogP contribution in [-0.4, -0.2) is 37.5 Å². The van der Waals surface area contributed by atoms with Crippen molar-refractivity contribution in [1.29, 1.82) is 0 Å². The van der Waals surface area contributed by atoms with E-state index in [1.54, 1.807) is 5.56 Å². The number of aryl methyl sites for hydroxylation is 1. The first-order chi connectivity index (χ1) is 19.4. The number of anilines is 1. The predicted molar refractivity (Wildman–Crippen MR) is 175 cm³/mol. The molecule has 5 heteroatoms. The van der Waals surface area contributed by atoms with Gasteiger partial charge in [-0.05, 0) is 79.8 Å². The van der Waals surface area contributed by atoms with Crippen molar-refractivity contribution in [3.8, 4) is 31.4 Å². The van der Waals surface area contributed by atoms with Crippen molar-refractivity contribution in [2.45, 2.75) is 89.4 Å². The van der Waals surface area contributed by atoms with E-state index in [2.05, 4.69) is 88.5 Å². The lowest BCUT2D eigenvalue weighted by atomic mass is 9.75. The van der Waals surface area contributed by atoms with Crippen LogP contribution in [0.25, 0.3) is 0 Å². The van der Waals surface area contributed by atoms with Gasteiger partial charge >= 0.3 is 5.97 Å². The molecule has 3 rings (SSSR count). The van der Waals surface area contributed by atoms with Crippen LogP contribution in [0.15, 0.2) is 53.4 Å². The van der Waals surface area contributed by atoms with Crippen molar-refractivity contribution < 1.29 is 14.6 Å². The topological polar surface area (TPSA) is 49.8 Å². The summed E-state index contributed by atoms with van der Waals surface area (Å²) in [6.45, 7) is 5.24. The third kappa shape index (κ3) is 14.9. The summed E-state index contributed by atoms with van der Waals surface area (Å²) in [7, 11) is 4.27. The Balaban J connectivity index is 0.000000729. The third-order valence-corrected chi connectivity index (χ3v) is 8.40. The van der Waals surface area contributed by atoms with Crippen LogP contribution < -0.4 is 9.64 Å². The average molecular weight is 566 g/mol. The van der Waals surface area contributed by atoms with E-state index in [1.165, 1.54) is 67.7 Å². The smallest absolute Gasteiger partial charge is 0.303 e. The van der Waals surface area contributed by atoms with E-state index >= 15 is 0 Å². The Morgan fingerprint density at radius 3 is 2.12 bits per heavy atom. The van der Waals surface area contributed by atoms with Gasteiger partial charge in [0.25, 0.3) is 0 Å². The van der Waals surface area contributed by atoms with Crippen LogP contribution in [0, 0.1) is 31.1 Å². The first kappa shape index (κ1) is 37.0. The number of hydrogen-bond acceptors (Lipinski definition) is 4. The summed E-state index contributed by atoms with van der Waals surface area (Å²) < 4.78 is 5.39. The Hall–Kier alpha value is -3.02. The highest BCUT2D eigenvalue weighted by molar-refractivity contribution is 7.99. The minimum atomic E-state index is -0.746. The van der Waals surface area contributed by atoms with E-state index in [9.17, 15) is 4.79 Å². The highest BCUT2D eigenvalue weighted by Gasteiger charge is 2.31. The summed E-state index contributed by atoms with van der Waals surface area (Å²) in [5.74, 6) is 1.41. The fourth-order valence-electron chi connectivity index (χ4n) is 4.59. The highest BCUT2D eigenvalue weighted by atomic mass is 32.2. The number of benzene rings is 2. The van der Waals surface area contributed by atoms with E-state index in [0.29, 0.717) is 18.4 Å². The normalized spacial score (nSPS) is 12.8. The zero-order valence-corrected chi connectivity index (χ0v) is 26.1. The molecular weight excluding hydrogens is 514 g/mol. The van der Waals surface area contributed by atoms with E-state index in [4.69, 9.17) is 9.84 Å². The van der Waals surface area contributed by atoms with Gasteiger partial charge in [0.15, 0.2) is 0 Å². The molecule has 1 aliphatic heterocycles. The molecule has 1 N–H and O–H groups in total. The first-order valence-corrected chi connectivity index (χ1v) is 15.4. The average Bonchev–Trinajstić information content (AvgIpc) is 3.17. The molecular formula is C35H51NO3S. The molecule has 1 aliphatic rings. The molecule has 220 valence electrons. The molecule has 4 nitrogen and oxygen atoms in total. The van der Waals surface area contributed by atoms with Gasteiger partial charge in [-0.25, -0.2) is 0 Å². The molecule has 0 unspecified atom stereocenters. The minimum Gasteiger partial charge on any atom is -0.494 e. The standard InChI is InChI=1S/C20H33NS.C11H14O3.2C2H2/c1-5-7-12-20(13-8-6-2)14-11-17-15-18(21(3)4)9-10-19(17)22-16-20;12-11(13)8-4-5-9-14-10-6-2-1-3-7-10;2*1-2/h9-10,15H,5-8,11-14,16H2,1-4H3;1-3,6-7H,4-5,8-9H2,(H,12,13);2*1-2H. The number of carboxylic acids is 1. The summed E-state index contributed by atoms with van der Waals surface area (Å²) in [6.07, 6.45) is 28.6. The Kier molecular flexibility index (Phi) is 21.0. The van der Waals surface area contributed by atoms with Crippen LogP contribution in [0.5, 0.6) is 5.75 Å². The molecule has 0 amide bonds. The number of hydrogen-bond donors (Lipinski definition) is 1. The lowest BCUT2D eigenvalue weighted by molar-refractivity contribution is -0.137. The molecule has 0 spiro atoms. The molecule has 0 radical (unpaired) electrons. The van der Waals surface area contributed by atoms with Crippen molar-refractivity contribution in [1.82, 2.24) is 0 Å². The van der Waals surface area contributed by atoms with Gasteiger partial charge < -0.3 is 14.7 Å². The van der Waals surface area contributed by atoms with Gasteiger partial charge in [-0.2, -0.15) is 0 Å². The van der Waals surface area contributed by atoms with Gasteiger partial charge in [-0.3, -0.25) is 4.79 Å². The fraction of sp³-hybridized carbons (Fsp3) is 0.514. The number of rotatable bonds is 13. The Morgan fingerprint density at radius 1 is 0.950 bits per heavy atom. The monoisotopic (exact) mass is 565 g/mol. The molecule has 0 bridgehead atoms. The zero-order valence-electron chi connectivity index (χ0n) is 25.2. The molecule has 0 aliphatic carbocycles. The van der Waals surface area contributed by atoms with Crippen molar-refractivity contribution in [2.24, 2.45) is 5.41 Å². The van der Waals surface area contributed by atoms with Gasteiger partial charge in [-0.1, -0.05) is 57.7 Å². The van der Waals surface area contributed by atoms with Crippen LogP contribution in [0.3, 0.4) is 0 Å². The summed E-state index contributed by atoms with van der Waals surface area (Å²) in [4.78, 5) is 13.9. The maximum Gasteiger partial charge on any atom is 0.303 e. The molecule has 40 heavy (non-hydrogen) atoms. The second-order valence-corrected chi connectivity index (χ2v) is 11.2. The second kappa shape index (κ2) is 22.8. The molecule has 0 saturated heterocycles. The minimum absolute atomic E-state index is 0.220. The van der Waals surface area contributed by atoms with Gasteiger partial charge in [0.1, 0.15) is 5.75 Å². The largest absolute Gasteiger partial charge is 0.494 e. The molecule has 0 saturated carbocycles. The predicted octanol–water partition coefficient (Wildman–Crippen LogP) is 8.98. The summed E-state index contributed by atoms with van der Waals surface area (Å²) in [6, 6.07) is 16.6. The number of carboxylic acid groups (broad SMARTS) is 1. The molecule has 0 fully saturated rings. The molecule has 0 atom stereocenters. The number of thioether (sulfide) groups is 1. The van der Waals surface area contributed by atoms with Crippen molar-refractivity contribution in [2.75, 3.05) is 31.4 Å². The zero-order chi connectivity index (χ0) is 30.2. The van der Waals surface area contributed by atoms with E-state index in [-0.39, 0.29) is 6.42 Å². The number of fused-ring (bicyclic) bond motifs is 1. The summed E-state index contributed by atoms with van der Waals surface area (Å²) >= 11 is 2.12. The Labute approximate surface area is 249 Å². The lowest BCUT2D eigenvalue weighted by Crippen LogP contribution is -2.24. The SMILES string of the molecule is C#C.C#C.CCCCC1(CCCC)CCc2cc(N(C)C)ccc2SC1.O=C(O)CCCCOc1ccccc1. The number of terminal acetylenes is 2. The van der Waals surface area contributed by atoms with Crippen LogP contribution in [0.4, 0.5) is 5.69 Å². The molecule has 2 aromatic carbocycles. The van der Waals surface area contributed by atoms with E-state index in [0.717, 1.165) is 12.2 Å². The van der Waals surface area contributed by atoms with Gasteiger partial charge in [0.05, 0.1) is 6.61 Å². The second-order valence-electron chi connectivity index (χ2n) is 10.2. The van der Waals surface area contributed by atoms with E-state index in [1.807, 2.05) is 30.3 Å². The van der Waals surface area contributed by atoms with Gasteiger partial charge in [-0.15, -0.1) is 37.5 Å². The number of unbranched alkanes of at least 4 members (excludes halogenated alkanes) is 3. The van der Waals surface area contributed by atoms with E-state index < -0.39 is 5.97 Å². The fourth-order valence-corrected chi connectivity index (χ4v) is 6.00. The van der Waals surface area contributed by atoms with Crippen molar-refractivity contribution >= 4 is 23.4 Å². The van der Waals surface area contributed by atoms with Crippen LogP contribution >= 0.6 is 11.8 Å². The quantitative estimate of drug-likeness (QED) is 0.194. The molecule has 2 aromatic rings. The van der Waals surface area contributed by atoms with Crippen LogP contribution in [-0.2, 0) is 11.2 Å².